The zero-order valence-corrected chi connectivity index (χ0v) is 10.5. The Kier molecular flexibility index (Phi) is 2.78. The highest BCUT2D eigenvalue weighted by Crippen LogP contribution is 2.29. The predicted octanol–water partition coefficient (Wildman–Crippen LogP) is 4.16. The van der Waals surface area contributed by atoms with Gasteiger partial charge in [0.2, 0.25) is 0 Å². The summed E-state index contributed by atoms with van der Waals surface area (Å²) in [6.45, 7) is 2.86. The number of fused-ring (bicyclic) bond motifs is 1. The Bertz CT molecular complexity index is 590. The minimum Gasteiger partial charge on any atom is -0.385 e. The summed E-state index contributed by atoms with van der Waals surface area (Å²) in [7, 11) is 0. The van der Waals surface area contributed by atoms with Crippen molar-refractivity contribution < 1.29 is 4.39 Å². The number of aryl methyl sites for hydroxylation is 2. The first-order chi connectivity index (χ1) is 8.74. The molecular formula is C16H16FN. The number of nitrogens with one attached hydrogen (secondary N) is 1. The van der Waals surface area contributed by atoms with E-state index in [1.54, 1.807) is 13.0 Å². The Morgan fingerprint density at radius 3 is 2.67 bits per heavy atom. The van der Waals surface area contributed by atoms with Crippen LogP contribution >= 0.6 is 0 Å². The van der Waals surface area contributed by atoms with Crippen molar-refractivity contribution in [1.29, 1.82) is 0 Å². The van der Waals surface area contributed by atoms with Crippen molar-refractivity contribution in [3.05, 3.63) is 53.3 Å². The summed E-state index contributed by atoms with van der Waals surface area (Å²) in [4.78, 5) is 0. The van der Waals surface area contributed by atoms with Gasteiger partial charge in [-0.2, -0.15) is 0 Å². The molecule has 2 aromatic carbocycles. The summed E-state index contributed by atoms with van der Waals surface area (Å²) < 4.78 is 13.3. The highest BCUT2D eigenvalue weighted by molar-refractivity contribution is 5.69. The van der Waals surface area contributed by atoms with Crippen molar-refractivity contribution in [3.63, 3.8) is 0 Å². The molecule has 0 saturated carbocycles. The standard InChI is InChI=1S/C16H16FN/c1-11-9-12(4-6-15(11)17)13-5-7-16-14(10-13)3-2-8-18-16/h4-7,9-10,18H,2-3,8H2,1H3. The van der Waals surface area contributed by atoms with E-state index in [0.717, 1.165) is 18.5 Å². The van der Waals surface area contributed by atoms with E-state index in [0.29, 0.717) is 5.56 Å². The van der Waals surface area contributed by atoms with Crippen LogP contribution in [-0.4, -0.2) is 6.54 Å². The van der Waals surface area contributed by atoms with Crippen LogP contribution in [0.2, 0.25) is 0 Å². The van der Waals surface area contributed by atoms with Crippen LogP contribution in [0.3, 0.4) is 0 Å². The van der Waals surface area contributed by atoms with Gasteiger partial charge in [-0.3, -0.25) is 0 Å². The second-order valence-electron chi connectivity index (χ2n) is 4.87. The number of halogens is 1. The molecule has 1 nitrogen and oxygen atoms in total. The maximum absolute atomic E-state index is 13.3. The molecule has 92 valence electrons. The Morgan fingerprint density at radius 1 is 1.06 bits per heavy atom. The maximum Gasteiger partial charge on any atom is 0.126 e. The minimum atomic E-state index is -0.140. The Hall–Kier alpha value is -1.83. The van der Waals surface area contributed by atoms with Crippen molar-refractivity contribution >= 4 is 5.69 Å². The van der Waals surface area contributed by atoms with E-state index in [1.807, 2.05) is 12.1 Å². The Balaban J connectivity index is 2.03. The Morgan fingerprint density at radius 2 is 1.83 bits per heavy atom. The van der Waals surface area contributed by atoms with Crippen LogP contribution in [0.25, 0.3) is 11.1 Å². The van der Waals surface area contributed by atoms with Gasteiger partial charge in [-0.05, 0) is 66.3 Å². The molecule has 0 atom stereocenters. The summed E-state index contributed by atoms with van der Waals surface area (Å²) in [5.74, 6) is -0.140. The van der Waals surface area contributed by atoms with Crippen molar-refractivity contribution in [3.8, 4) is 11.1 Å². The fourth-order valence-corrected chi connectivity index (χ4v) is 2.48. The molecule has 0 unspecified atom stereocenters. The largest absolute Gasteiger partial charge is 0.385 e. The molecule has 2 heteroatoms. The van der Waals surface area contributed by atoms with Crippen LogP contribution in [0, 0.1) is 12.7 Å². The molecule has 0 aromatic heterocycles. The van der Waals surface area contributed by atoms with Gasteiger partial charge in [0.05, 0.1) is 0 Å². The number of hydrogen-bond acceptors (Lipinski definition) is 1. The van der Waals surface area contributed by atoms with E-state index in [1.165, 1.54) is 23.2 Å². The zero-order valence-electron chi connectivity index (χ0n) is 10.5. The van der Waals surface area contributed by atoms with E-state index in [2.05, 4.69) is 23.5 Å². The lowest BCUT2D eigenvalue weighted by atomic mass is 9.96. The topological polar surface area (TPSA) is 12.0 Å². The molecule has 1 N–H and O–H groups in total. The summed E-state index contributed by atoms with van der Waals surface area (Å²) in [6.07, 6.45) is 2.30. The molecule has 1 aliphatic rings. The molecule has 1 heterocycles. The number of hydrogen-bond donors (Lipinski definition) is 1. The summed E-state index contributed by atoms with van der Waals surface area (Å²) >= 11 is 0. The second-order valence-corrected chi connectivity index (χ2v) is 4.87. The van der Waals surface area contributed by atoms with E-state index in [4.69, 9.17) is 0 Å². The second kappa shape index (κ2) is 4.45. The molecule has 0 spiro atoms. The van der Waals surface area contributed by atoms with Gasteiger partial charge >= 0.3 is 0 Å². The first-order valence-electron chi connectivity index (χ1n) is 6.37. The lowest BCUT2D eigenvalue weighted by Gasteiger charge is -2.18. The third kappa shape index (κ3) is 1.99. The molecule has 0 saturated heterocycles. The Labute approximate surface area is 107 Å². The monoisotopic (exact) mass is 241 g/mol. The number of rotatable bonds is 1. The molecule has 2 aromatic rings. The molecule has 0 fully saturated rings. The first kappa shape index (κ1) is 11.3. The van der Waals surface area contributed by atoms with Gasteiger partial charge in [-0.15, -0.1) is 0 Å². The third-order valence-electron chi connectivity index (χ3n) is 3.53. The number of benzene rings is 2. The SMILES string of the molecule is Cc1cc(-c2ccc3c(c2)CCCN3)ccc1F. The zero-order chi connectivity index (χ0) is 12.5. The summed E-state index contributed by atoms with van der Waals surface area (Å²) in [5.41, 5.74) is 5.55. The summed E-state index contributed by atoms with van der Waals surface area (Å²) in [5, 5.41) is 3.40. The van der Waals surface area contributed by atoms with Crippen LogP contribution in [0.5, 0.6) is 0 Å². The highest BCUT2D eigenvalue weighted by atomic mass is 19.1. The van der Waals surface area contributed by atoms with Crippen LogP contribution < -0.4 is 5.32 Å². The predicted molar refractivity (Wildman–Crippen MR) is 73.4 cm³/mol. The van der Waals surface area contributed by atoms with E-state index >= 15 is 0 Å². The van der Waals surface area contributed by atoms with Crippen LogP contribution in [0.4, 0.5) is 10.1 Å². The average Bonchev–Trinajstić information content (AvgIpc) is 2.41. The lowest BCUT2D eigenvalue weighted by molar-refractivity contribution is 0.619. The van der Waals surface area contributed by atoms with Crippen LogP contribution in [0.1, 0.15) is 17.5 Å². The molecule has 18 heavy (non-hydrogen) atoms. The van der Waals surface area contributed by atoms with Gasteiger partial charge in [0.1, 0.15) is 5.82 Å². The average molecular weight is 241 g/mol. The van der Waals surface area contributed by atoms with Gasteiger partial charge in [-0.25, -0.2) is 4.39 Å². The van der Waals surface area contributed by atoms with Crippen molar-refractivity contribution in [2.75, 3.05) is 11.9 Å². The fourth-order valence-electron chi connectivity index (χ4n) is 2.48. The van der Waals surface area contributed by atoms with Gasteiger partial charge < -0.3 is 5.32 Å². The van der Waals surface area contributed by atoms with Crippen molar-refractivity contribution in [1.82, 2.24) is 0 Å². The van der Waals surface area contributed by atoms with Gasteiger partial charge in [-0.1, -0.05) is 12.1 Å². The van der Waals surface area contributed by atoms with Crippen molar-refractivity contribution in [2.24, 2.45) is 0 Å². The number of anilines is 1. The van der Waals surface area contributed by atoms with Gasteiger partial charge in [0.15, 0.2) is 0 Å². The normalized spacial score (nSPS) is 13.9. The molecule has 0 amide bonds. The van der Waals surface area contributed by atoms with E-state index < -0.39 is 0 Å². The van der Waals surface area contributed by atoms with E-state index in [9.17, 15) is 4.39 Å². The fraction of sp³-hybridized carbons (Fsp3) is 0.250. The lowest BCUT2D eigenvalue weighted by Crippen LogP contribution is -2.11. The minimum absolute atomic E-state index is 0.140. The smallest absolute Gasteiger partial charge is 0.126 e. The van der Waals surface area contributed by atoms with Crippen LogP contribution in [0.15, 0.2) is 36.4 Å². The third-order valence-corrected chi connectivity index (χ3v) is 3.53. The van der Waals surface area contributed by atoms with Gasteiger partial charge in [0, 0.05) is 12.2 Å². The molecule has 1 aliphatic heterocycles. The van der Waals surface area contributed by atoms with Crippen LogP contribution in [-0.2, 0) is 6.42 Å². The summed E-state index contributed by atoms with van der Waals surface area (Å²) in [6, 6.07) is 11.7. The molecule has 0 bridgehead atoms. The molecule has 3 rings (SSSR count). The van der Waals surface area contributed by atoms with E-state index in [-0.39, 0.29) is 5.82 Å². The first-order valence-corrected chi connectivity index (χ1v) is 6.37. The molecule has 0 aliphatic carbocycles. The van der Waals surface area contributed by atoms with Gasteiger partial charge in [0.25, 0.3) is 0 Å². The van der Waals surface area contributed by atoms with Crippen molar-refractivity contribution in [2.45, 2.75) is 19.8 Å². The molecule has 0 radical (unpaired) electrons. The quantitative estimate of drug-likeness (QED) is 0.790. The molecular weight excluding hydrogens is 225 g/mol. The maximum atomic E-state index is 13.3. The highest BCUT2D eigenvalue weighted by Gasteiger charge is 2.10.